The van der Waals surface area contributed by atoms with Crippen LogP contribution in [0.2, 0.25) is 0 Å². The highest BCUT2D eigenvalue weighted by atomic mass is 32.2. The minimum absolute atomic E-state index is 0.0445. The molecule has 9 heteroatoms. The first-order valence-electron chi connectivity index (χ1n) is 9.39. The summed E-state index contributed by atoms with van der Waals surface area (Å²) in [6.07, 6.45) is 3.07. The molecule has 0 radical (unpaired) electrons. The van der Waals surface area contributed by atoms with Crippen LogP contribution in [-0.2, 0) is 26.6 Å². The monoisotopic (exact) mass is 382 g/mol. The van der Waals surface area contributed by atoms with Crippen LogP contribution in [0.25, 0.3) is 0 Å². The van der Waals surface area contributed by atoms with E-state index < -0.39 is 10.0 Å². The van der Waals surface area contributed by atoms with E-state index in [0.29, 0.717) is 32.3 Å². The first kappa shape index (κ1) is 17.9. The lowest BCUT2D eigenvalue weighted by Crippen LogP contribution is -2.45. The molecule has 0 aromatic carbocycles. The maximum atomic E-state index is 12.6. The molecule has 3 heterocycles. The molecule has 0 saturated carbocycles. The molecule has 1 N–H and O–H groups in total. The van der Waals surface area contributed by atoms with Crippen LogP contribution < -0.4 is 10.5 Å². The van der Waals surface area contributed by atoms with E-state index in [1.54, 1.807) is 11.2 Å². The van der Waals surface area contributed by atoms with Crippen molar-refractivity contribution in [2.75, 3.05) is 50.0 Å². The zero-order chi connectivity index (χ0) is 18.4. The second kappa shape index (κ2) is 6.61. The van der Waals surface area contributed by atoms with E-state index >= 15 is 0 Å². The van der Waals surface area contributed by atoms with Gasteiger partial charge in [0.15, 0.2) is 0 Å². The number of hydrogen-bond acceptors (Lipinski definition) is 6. The zero-order valence-electron chi connectivity index (χ0n) is 15.2. The molecule has 1 aromatic rings. The highest BCUT2D eigenvalue weighted by Crippen LogP contribution is 2.45. The summed E-state index contributed by atoms with van der Waals surface area (Å²) < 4.78 is 31.3. The molecule has 8 nitrogen and oxygen atoms in total. The van der Waals surface area contributed by atoms with Crippen LogP contribution in [0.5, 0.6) is 0 Å². The Morgan fingerprint density at radius 2 is 1.85 bits per heavy atom. The Morgan fingerprint density at radius 1 is 1.15 bits per heavy atom. The number of H-pyrrole nitrogens is 1. The number of hydrogen-bond donors (Lipinski definition) is 1. The predicted molar refractivity (Wildman–Crippen MR) is 98.2 cm³/mol. The lowest BCUT2D eigenvalue weighted by Gasteiger charge is -2.39. The number of aromatic amines is 1. The SMILES string of the molecule is CCS(=O)(=O)N1CCC2(CCc3c2nc(N2CCOCC2)[nH]c3=O)CC1. The quantitative estimate of drug-likeness (QED) is 0.804. The van der Waals surface area contributed by atoms with Crippen LogP contribution in [-0.4, -0.2) is 67.8 Å². The number of sulfonamides is 1. The van der Waals surface area contributed by atoms with Gasteiger partial charge in [-0.05, 0) is 32.6 Å². The van der Waals surface area contributed by atoms with E-state index in [9.17, 15) is 13.2 Å². The molecule has 0 unspecified atom stereocenters. The highest BCUT2D eigenvalue weighted by Gasteiger charge is 2.45. The van der Waals surface area contributed by atoms with Gasteiger partial charge in [0, 0.05) is 37.2 Å². The number of piperidine rings is 1. The standard InChI is InChI=1S/C17H26N4O4S/c1-2-26(23,24)21-7-5-17(6-8-21)4-3-13-14(17)18-16(19-15(13)22)20-9-11-25-12-10-20/h2-12H2,1H3,(H,18,19,22). The third-order valence-electron chi connectivity index (χ3n) is 6.11. The molecule has 2 aliphatic heterocycles. The topological polar surface area (TPSA) is 95.6 Å². The Kier molecular flexibility index (Phi) is 4.56. The third-order valence-corrected chi connectivity index (χ3v) is 7.99. The number of fused-ring (bicyclic) bond motifs is 2. The van der Waals surface area contributed by atoms with Gasteiger partial charge in [0.05, 0.1) is 24.7 Å². The predicted octanol–water partition coefficient (Wildman–Crippen LogP) is 0.236. The van der Waals surface area contributed by atoms with Gasteiger partial charge in [0.2, 0.25) is 16.0 Å². The van der Waals surface area contributed by atoms with Crippen LogP contribution >= 0.6 is 0 Å². The van der Waals surface area contributed by atoms with Crippen molar-refractivity contribution >= 4 is 16.0 Å². The molecule has 0 atom stereocenters. The molecule has 2 saturated heterocycles. The van der Waals surface area contributed by atoms with Gasteiger partial charge in [-0.15, -0.1) is 0 Å². The molecule has 4 rings (SSSR count). The number of nitrogens with zero attached hydrogens (tertiary/aromatic N) is 3. The number of aromatic nitrogens is 2. The van der Waals surface area contributed by atoms with Crippen LogP contribution in [0.15, 0.2) is 4.79 Å². The van der Waals surface area contributed by atoms with Crippen molar-refractivity contribution < 1.29 is 13.2 Å². The van der Waals surface area contributed by atoms with Crippen molar-refractivity contribution in [1.82, 2.24) is 14.3 Å². The van der Waals surface area contributed by atoms with Crippen molar-refractivity contribution in [3.63, 3.8) is 0 Å². The average Bonchev–Trinajstić information content (AvgIpc) is 3.01. The molecule has 26 heavy (non-hydrogen) atoms. The fourth-order valence-electron chi connectivity index (χ4n) is 4.43. The van der Waals surface area contributed by atoms with Gasteiger partial charge in [-0.3, -0.25) is 9.78 Å². The van der Waals surface area contributed by atoms with Gasteiger partial charge >= 0.3 is 0 Å². The zero-order valence-corrected chi connectivity index (χ0v) is 16.0. The van der Waals surface area contributed by atoms with Gasteiger partial charge in [0.25, 0.3) is 5.56 Å². The summed E-state index contributed by atoms with van der Waals surface area (Å²) in [4.78, 5) is 22.5. The largest absolute Gasteiger partial charge is 0.378 e. The molecule has 144 valence electrons. The Bertz CT molecular complexity index is 837. The highest BCUT2D eigenvalue weighted by molar-refractivity contribution is 7.89. The molecule has 1 spiro atoms. The van der Waals surface area contributed by atoms with Gasteiger partial charge in [-0.2, -0.15) is 0 Å². The number of rotatable bonds is 3. The molecule has 1 aliphatic carbocycles. The minimum Gasteiger partial charge on any atom is -0.378 e. The molecule has 3 aliphatic rings. The summed E-state index contributed by atoms with van der Waals surface area (Å²) >= 11 is 0. The lowest BCUT2D eigenvalue weighted by atomic mass is 9.77. The van der Waals surface area contributed by atoms with Crippen LogP contribution in [0.4, 0.5) is 5.95 Å². The summed E-state index contributed by atoms with van der Waals surface area (Å²) in [5, 5.41) is 0. The maximum Gasteiger partial charge on any atom is 0.255 e. The first-order valence-corrected chi connectivity index (χ1v) is 11.0. The van der Waals surface area contributed by atoms with E-state index in [4.69, 9.17) is 9.72 Å². The van der Waals surface area contributed by atoms with Crippen molar-refractivity contribution in [3.8, 4) is 0 Å². The molecular formula is C17H26N4O4S. The van der Waals surface area contributed by atoms with E-state index in [-0.39, 0.29) is 16.7 Å². The maximum absolute atomic E-state index is 12.6. The average molecular weight is 382 g/mol. The summed E-state index contributed by atoms with van der Waals surface area (Å²) in [5.41, 5.74) is 1.48. The first-order chi connectivity index (χ1) is 12.5. The fraction of sp³-hybridized carbons (Fsp3) is 0.765. The van der Waals surface area contributed by atoms with Crippen molar-refractivity contribution in [3.05, 3.63) is 21.6 Å². The lowest BCUT2D eigenvalue weighted by molar-refractivity contribution is 0.122. The molecule has 2 fully saturated rings. The fourth-order valence-corrected chi connectivity index (χ4v) is 5.53. The van der Waals surface area contributed by atoms with Gasteiger partial charge in [0.1, 0.15) is 0 Å². The molecule has 0 bridgehead atoms. The third kappa shape index (κ3) is 2.95. The van der Waals surface area contributed by atoms with E-state index in [1.165, 1.54) is 0 Å². The van der Waals surface area contributed by atoms with Crippen LogP contribution in [0.3, 0.4) is 0 Å². The molecular weight excluding hydrogens is 356 g/mol. The van der Waals surface area contributed by atoms with Crippen LogP contribution in [0, 0.1) is 0 Å². The molecule has 0 amide bonds. The smallest absolute Gasteiger partial charge is 0.255 e. The Morgan fingerprint density at radius 3 is 2.50 bits per heavy atom. The van der Waals surface area contributed by atoms with Crippen molar-refractivity contribution in [2.45, 2.75) is 38.0 Å². The minimum atomic E-state index is -3.16. The van der Waals surface area contributed by atoms with E-state index in [0.717, 1.165) is 50.0 Å². The Labute approximate surface area is 153 Å². The van der Waals surface area contributed by atoms with Crippen molar-refractivity contribution in [2.24, 2.45) is 0 Å². The van der Waals surface area contributed by atoms with Gasteiger partial charge in [-0.1, -0.05) is 0 Å². The Balaban J connectivity index is 1.63. The summed E-state index contributed by atoms with van der Waals surface area (Å²) in [5.74, 6) is 0.761. The summed E-state index contributed by atoms with van der Waals surface area (Å²) in [6.45, 7) is 5.41. The Hall–Kier alpha value is -1.45. The number of nitrogens with one attached hydrogen (secondary N) is 1. The van der Waals surface area contributed by atoms with Crippen LogP contribution in [0.1, 0.15) is 37.4 Å². The summed E-state index contributed by atoms with van der Waals surface area (Å²) in [7, 11) is -3.16. The van der Waals surface area contributed by atoms with Gasteiger partial charge < -0.3 is 9.64 Å². The second-order valence-electron chi connectivity index (χ2n) is 7.40. The number of anilines is 1. The number of ether oxygens (including phenoxy) is 1. The second-order valence-corrected chi connectivity index (χ2v) is 9.65. The van der Waals surface area contributed by atoms with E-state index in [2.05, 4.69) is 9.88 Å². The van der Waals surface area contributed by atoms with Gasteiger partial charge in [-0.25, -0.2) is 17.7 Å². The molecule has 1 aromatic heterocycles. The van der Waals surface area contributed by atoms with E-state index in [1.807, 2.05) is 0 Å². The normalized spacial score (nSPS) is 23.3. The number of morpholine rings is 1. The van der Waals surface area contributed by atoms with Crippen molar-refractivity contribution in [1.29, 1.82) is 0 Å². The summed E-state index contributed by atoms with van der Waals surface area (Å²) in [6, 6.07) is 0.